The SMILES string of the molecule is CC.CNC(=O)C(CN(C)C)OC. The number of carbonyl (C=O) groups excluding carboxylic acids is 1. The molecular formula is C9H22N2O2. The Morgan fingerprint density at radius 3 is 2.15 bits per heavy atom. The van der Waals surface area contributed by atoms with Crippen LogP contribution in [-0.4, -0.2) is 51.7 Å². The number of likely N-dealkylation sites (N-methyl/N-ethyl adjacent to an activating group) is 2. The highest BCUT2D eigenvalue weighted by Gasteiger charge is 2.16. The first kappa shape index (κ1) is 14.9. The van der Waals surface area contributed by atoms with Crippen molar-refractivity contribution in [3.05, 3.63) is 0 Å². The van der Waals surface area contributed by atoms with E-state index in [4.69, 9.17) is 4.74 Å². The van der Waals surface area contributed by atoms with E-state index in [9.17, 15) is 4.79 Å². The summed E-state index contributed by atoms with van der Waals surface area (Å²) in [5.41, 5.74) is 0. The Morgan fingerprint density at radius 1 is 1.46 bits per heavy atom. The molecule has 0 aliphatic rings. The van der Waals surface area contributed by atoms with Crippen molar-refractivity contribution in [2.24, 2.45) is 0 Å². The minimum atomic E-state index is -0.366. The van der Waals surface area contributed by atoms with Crippen LogP contribution in [0.5, 0.6) is 0 Å². The van der Waals surface area contributed by atoms with Crippen LogP contribution in [0.15, 0.2) is 0 Å². The lowest BCUT2D eigenvalue weighted by atomic mass is 10.3. The van der Waals surface area contributed by atoms with Gasteiger partial charge in [0.2, 0.25) is 5.91 Å². The molecule has 1 N–H and O–H groups in total. The molecule has 4 nitrogen and oxygen atoms in total. The third-order valence-corrected chi connectivity index (χ3v) is 1.35. The molecule has 0 aromatic heterocycles. The largest absolute Gasteiger partial charge is 0.370 e. The van der Waals surface area contributed by atoms with E-state index in [2.05, 4.69) is 5.32 Å². The predicted molar refractivity (Wildman–Crippen MR) is 54.8 cm³/mol. The Bertz CT molecular complexity index is 127. The Kier molecular flexibility index (Phi) is 10.9. The summed E-state index contributed by atoms with van der Waals surface area (Å²) >= 11 is 0. The molecule has 0 aliphatic carbocycles. The molecule has 80 valence electrons. The summed E-state index contributed by atoms with van der Waals surface area (Å²) in [6, 6.07) is 0. The van der Waals surface area contributed by atoms with Crippen molar-refractivity contribution < 1.29 is 9.53 Å². The Hall–Kier alpha value is -0.610. The number of carbonyl (C=O) groups is 1. The van der Waals surface area contributed by atoms with Gasteiger partial charge in [0.05, 0.1) is 0 Å². The molecule has 0 saturated heterocycles. The summed E-state index contributed by atoms with van der Waals surface area (Å²) in [7, 11) is 6.93. The quantitative estimate of drug-likeness (QED) is 0.695. The Morgan fingerprint density at radius 2 is 1.92 bits per heavy atom. The predicted octanol–water partition coefficient (Wildman–Crippen LogP) is 0.335. The van der Waals surface area contributed by atoms with Gasteiger partial charge in [0.1, 0.15) is 6.10 Å². The second-order valence-corrected chi connectivity index (χ2v) is 2.60. The lowest BCUT2D eigenvalue weighted by Gasteiger charge is -2.17. The number of methoxy groups -OCH3 is 1. The van der Waals surface area contributed by atoms with E-state index in [-0.39, 0.29) is 12.0 Å². The highest BCUT2D eigenvalue weighted by molar-refractivity contribution is 5.80. The fourth-order valence-corrected chi connectivity index (χ4v) is 0.757. The number of rotatable bonds is 4. The first-order valence-electron chi connectivity index (χ1n) is 4.51. The maximum atomic E-state index is 11.0. The summed E-state index contributed by atoms with van der Waals surface area (Å²) in [6.07, 6.45) is -0.366. The van der Waals surface area contributed by atoms with Crippen LogP contribution in [0, 0.1) is 0 Å². The average molecular weight is 190 g/mol. The smallest absolute Gasteiger partial charge is 0.250 e. The van der Waals surface area contributed by atoms with Gasteiger partial charge in [0.15, 0.2) is 0 Å². The van der Waals surface area contributed by atoms with Crippen LogP contribution in [0.25, 0.3) is 0 Å². The first-order valence-corrected chi connectivity index (χ1v) is 4.51. The number of hydrogen-bond acceptors (Lipinski definition) is 3. The van der Waals surface area contributed by atoms with E-state index in [0.717, 1.165) is 0 Å². The van der Waals surface area contributed by atoms with Crippen LogP contribution >= 0.6 is 0 Å². The molecule has 0 fully saturated rings. The number of amides is 1. The van der Waals surface area contributed by atoms with Crippen LogP contribution < -0.4 is 5.32 Å². The highest BCUT2D eigenvalue weighted by atomic mass is 16.5. The molecule has 1 unspecified atom stereocenters. The third-order valence-electron chi connectivity index (χ3n) is 1.35. The molecule has 0 saturated carbocycles. The van der Waals surface area contributed by atoms with Crippen molar-refractivity contribution >= 4 is 5.91 Å². The zero-order chi connectivity index (χ0) is 10.9. The zero-order valence-corrected chi connectivity index (χ0v) is 9.55. The van der Waals surface area contributed by atoms with Gasteiger partial charge in [0, 0.05) is 20.7 Å². The number of ether oxygens (including phenoxy) is 1. The number of hydrogen-bond donors (Lipinski definition) is 1. The molecule has 0 rings (SSSR count). The van der Waals surface area contributed by atoms with Gasteiger partial charge in [0.25, 0.3) is 0 Å². The molecule has 0 radical (unpaired) electrons. The fourth-order valence-electron chi connectivity index (χ4n) is 0.757. The second-order valence-electron chi connectivity index (χ2n) is 2.60. The van der Waals surface area contributed by atoms with Gasteiger partial charge >= 0.3 is 0 Å². The molecule has 0 aromatic rings. The van der Waals surface area contributed by atoms with Crippen molar-refractivity contribution in [3.63, 3.8) is 0 Å². The standard InChI is InChI=1S/C7H16N2O2.C2H6/c1-8-7(10)6(11-4)5-9(2)3;1-2/h6H,5H2,1-4H3,(H,8,10);1-2H3. The van der Waals surface area contributed by atoms with Gasteiger partial charge in [-0.05, 0) is 14.1 Å². The molecule has 0 heterocycles. The van der Waals surface area contributed by atoms with Gasteiger partial charge < -0.3 is 15.0 Å². The molecule has 0 bridgehead atoms. The van der Waals surface area contributed by atoms with Crippen LogP contribution in [0.4, 0.5) is 0 Å². The van der Waals surface area contributed by atoms with Gasteiger partial charge in [-0.2, -0.15) is 0 Å². The van der Waals surface area contributed by atoms with Gasteiger partial charge in [-0.1, -0.05) is 13.8 Å². The molecule has 1 amide bonds. The second kappa shape index (κ2) is 9.48. The van der Waals surface area contributed by atoms with Gasteiger partial charge in [-0.25, -0.2) is 0 Å². The fraction of sp³-hybridized carbons (Fsp3) is 0.889. The van der Waals surface area contributed by atoms with Crippen molar-refractivity contribution in [2.45, 2.75) is 20.0 Å². The van der Waals surface area contributed by atoms with Crippen LogP contribution in [-0.2, 0) is 9.53 Å². The number of nitrogens with zero attached hydrogens (tertiary/aromatic N) is 1. The molecule has 0 aromatic carbocycles. The van der Waals surface area contributed by atoms with Gasteiger partial charge in [-0.15, -0.1) is 0 Å². The maximum Gasteiger partial charge on any atom is 0.250 e. The summed E-state index contributed by atoms with van der Waals surface area (Å²) in [5, 5.41) is 2.53. The Balaban J connectivity index is 0. The lowest BCUT2D eigenvalue weighted by molar-refractivity contribution is -0.131. The zero-order valence-electron chi connectivity index (χ0n) is 9.55. The monoisotopic (exact) mass is 190 g/mol. The molecule has 4 heteroatoms. The van der Waals surface area contributed by atoms with E-state index < -0.39 is 0 Å². The third kappa shape index (κ3) is 7.74. The van der Waals surface area contributed by atoms with E-state index >= 15 is 0 Å². The normalized spacial score (nSPS) is 11.6. The first-order chi connectivity index (χ1) is 6.11. The van der Waals surface area contributed by atoms with E-state index in [1.54, 1.807) is 7.05 Å². The van der Waals surface area contributed by atoms with Crippen molar-refractivity contribution in [1.82, 2.24) is 10.2 Å². The van der Waals surface area contributed by atoms with Gasteiger partial charge in [-0.3, -0.25) is 4.79 Å². The van der Waals surface area contributed by atoms with E-state index in [0.29, 0.717) is 6.54 Å². The summed E-state index contributed by atoms with van der Waals surface area (Å²) < 4.78 is 4.96. The summed E-state index contributed by atoms with van der Waals surface area (Å²) in [6.45, 7) is 4.61. The van der Waals surface area contributed by atoms with Crippen molar-refractivity contribution in [3.8, 4) is 0 Å². The molecule has 0 aliphatic heterocycles. The molecule has 13 heavy (non-hydrogen) atoms. The highest BCUT2D eigenvalue weighted by Crippen LogP contribution is 1.91. The minimum absolute atomic E-state index is 0.0822. The lowest BCUT2D eigenvalue weighted by Crippen LogP contribution is -2.40. The van der Waals surface area contributed by atoms with E-state index in [1.807, 2.05) is 32.8 Å². The molecule has 0 spiro atoms. The van der Waals surface area contributed by atoms with Crippen LogP contribution in [0.2, 0.25) is 0 Å². The summed E-state index contributed by atoms with van der Waals surface area (Å²) in [4.78, 5) is 12.9. The topological polar surface area (TPSA) is 41.6 Å². The Labute approximate surface area is 81.2 Å². The van der Waals surface area contributed by atoms with Crippen LogP contribution in [0.1, 0.15) is 13.8 Å². The maximum absolute atomic E-state index is 11.0. The molecule has 1 atom stereocenters. The van der Waals surface area contributed by atoms with Crippen molar-refractivity contribution in [1.29, 1.82) is 0 Å². The van der Waals surface area contributed by atoms with Crippen LogP contribution in [0.3, 0.4) is 0 Å². The van der Waals surface area contributed by atoms with Crippen molar-refractivity contribution in [2.75, 3.05) is 34.8 Å². The minimum Gasteiger partial charge on any atom is -0.370 e. The van der Waals surface area contributed by atoms with E-state index in [1.165, 1.54) is 7.11 Å². The average Bonchev–Trinajstić information content (AvgIpc) is 2.16. The molecular weight excluding hydrogens is 168 g/mol. The number of nitrogens with one attached hydrogen (secondary N) is 1. The summed E-state index contributed by atoms with van der Waals surface area (Å²) in [5.74, 6) is -0.0822.